The molecule has 1 aliphatic rings. The van der Waals surface area contributed by atoms with E-state index in [1.807, 2.05) is 25.2 Å². The minimum Gasteiger partial charge on any atom is -0.394 e. The molecule has 0 heterocycles. The summed E-state index contributed by atoms with van der Waals surface area (Å²) in [5.74, 6) is 1.52. The highest BCUT2D eigenvalue weighted by molar-refractivity contribution is 7.99. The van der Waals surface area contributed by atoms with Crippen molar-refractivity contribution in [1.82, 2.24) is 5.32 Å². The number of aliphatic hydroxyl groups is 1. The zero-order valence-corrected chi connectivity index (χ0v) is 14.0. The molecule has 5 heteroatoms. The smallest absolute Gasteiger partial charge is 0.0615 e. The van der Waals surface area contributed by atoms with Gasteiger partial charge in [-0.25, -0.2) is 0 Å². The fourth-order valence-electron chi connectivity index (χ4n) is 3.08. The number of hydrogen-bond acceptors (Lipinski definition) is 3. The second-order valence-electron chi connectivity index (χ2n) is 5.37. The summed E-state index contributed by atoms with van der Waals surface area (Å²) in [7, 11) is 1.95. The lowest BCUT2D eigenvalue weighted by Crippen LogP contribution is -2.49. The predicted octanol–water partition coefficient (Wildman–Crippen LogP) is 4.23. The van der Waals surface area contributed by atoms with E-state index < -0.39 is 0 Å². The van der Waals surface area contributed by atoms with Gasteiger partial charge in [0.05, 0.1) is 11.6 Å². The number of halogens is 2. The van der Waals surface area contributed by atoms with Crippen LogP contribution in [0.5, 0.6) is 0 Å². The van der Waals surface area contributed by atoms with Gasteiger partial charge in [0.2, 0.25) is 0 Å². The van der Waals surface area contributed by atoms with Crippen LogP contribution in [0, 0.1) is 5.92 Å². The molecular formula is C15H21Cl2NOS. The first-order valence-corrected chi connectivity index (χ1v) is 8.73. The lowest BCUT2D eigenvalue weighted by Gasteiger charge is -2.33. The number of benzene rings is 1. The molecule has 0 bridgehead atoms. The molecule has 2 rings (SSSR count). The van der Waals surface area contributed by atoms with E-state index in [2.05, 4.69) is 5.32 Å². The Balaban J connectivity index is 1.91. The van der Waals surface area contributed by atoms with Crippen LogP contribution >= 0.6 is 35.0 Å². The van der Waals surface area contributed by atoms with Crippen molar-refractivity contribution in [3.63, 3.8) is 0 Å². The minimum absolute atomic E-state index is 0.0846. The van der Waals surface area contributed by atoms with Crippen LogP contribution in [0.25, 0.3) is 0 Å². The van der Waals surface area contributed by atoms with Crippen molar-refractivity contribution in [1.29, 1.82) is 0 Å². The molecule has 1 fully saturated rings. The number of hydrogen-bond donors (Lipinski definition) is 2. The Hall–Kier alpha value is 0.0700. The lowest BCUT2D eigenvalue weighted by atomic mass is 9.86. The average Bonchev–Trinajstić information content (AvgIpc) is 2.86. The highest BCUT2D eigenvalue weighted by atomic mass is 35.5. The second kappa shape index (κ2) is 7.37. The van der Waals surface area contributed by atoms with Crippen molar-refractivity contribution in [2.45, 2.75) is 36.1 Å². The van der Waals surface area contributed by atoms with Gasteiger partial charge >= 0.3 is 0 Å². The fraction of sp³-hybridized carbons (Fsp3) is 0.600. The first-order valence-electron chi connectivity index (χ1n) is 6.99. The minimum atomic E-state index is -0.0846. The van der Waals surface area contributed by atoms with E-state index >= 15 is 0 Å². The molecule has 20 heavy (non-hydrogen) atoms. The van der Waals surface area contributed by atoms with Gasteiger partial charge < -0.3 is 10.4 Å². The van der Waals surface area contributed by atoms with E-state index in [9.17, 15) is 5.11 Å². The average molecular weight is 334 g/mol. The highest BCUT2D eigenvalue weighted by Gasteiger charge is 2.40. The van der Waals surface area contributed by atoms with Gasteiger partial charge in [0, 0.05) is 15.5 Å². The molecule has 0 aromatic heterocycles. The Morgan fingerprint density at radius 3 is 2.95 bits per heavy atom. The second-order valence-corrected chi connectivity index (χ2v) is 7.35. The number of likely N-dealkylation sites (N-methyl/N-ethyl adjacent to an activating group) is 1. The molecule has 0 amide bonds. The van der Waals surface area contributed by atoms with E-state index in [0.717, 1.165) is 33.5 Å². The zero-order valence-electron chi connectivity index (χ0n) is 11.7. The van der Waals surface area contributed by atoms with Crippen LogP contribution in [-0.4, -0.2) is 30.1 Å². The summed E-state index contributed by atoms with van der Waals surface area (Å²) < 4.78 is 0. The van der Waals surface area contributed by atoms with Crippen LogP contribution < -0.4 is 5.32 Å². The van der Waals surface area contributed by atoms with E-state index in [1.165, 1.54) is 12.8 Å². The summed E-state index contributed by atoms with van der Waals surface area (Å²) in [4.78, 5) is 1.04. The molecule has 1 saturated carbocycles. The molecule has 2 atom stereocenters. The molecule has 1 aromatic carbocycles. The van der Waals surface area contributed by atoms with Crippen LogP contribution in [0.15, 0.2) is 23.1 Å². The third kappa shape index (κ3) is 3.63. The normalized spacial score (nSPS) is 26.1. The maximum Gasteiger partial charge on any atom is 0.0615 e. The summed E-state index contributed by atoms with van der Waals surface area (Å²) >= 11 is 13.9. The van der Waals surface area contributed by atoms with Gasteiger partial charge in [-0.2, -0.15) is 0 Å². The van der Waals surface area contributed by atoms with Crippen molar-refractivity contribution in [2.75, 3.05) is 19.4 Å². The Kier molecular flexibility index (Phi) is 6.06. The first-order chi connectivity index (χ1) is 9.61. The third-order valence-corrected chi connectivity index (χ3v) is 6.12. The lowest BCUT2D eigenvalue weighted by molar-refractivity contribution is 0.130. The number of thioether (sulfide) groups is 1. The van der Waals surface area contributed by atoms with Gasteiger partial charge in [0.15, 0.2) is 0 Å². The molecule has 0 saturated heterocycles. The maximum absolute atomic E-state index is 9.68. The molecule has 2 unspecified atom stereocenters. The molecule has 1 aromatic rings. The van der Waals surface area contributed by atoms with Gasteiger partial charge in [0.1, 0.15) is 0 Å². The van der Waals surface area contributed by atoms with Crippen LogP contribution in [0.1, 0.15) is 25.7 Å². The van der Waals surface area contributed by atoms with Crippen molar-refractivity contribution in [2.24, 2.45) is 5.92 Å². The Bertz CT molecular complexity index is 451. The molecule has 0 spiro atoms. The monoisotopic (exact) mass is 333 g/mol. The van der Waals surface area contributed by atoms with E-state index in [0.29, 0.717) is 5.92 Å². The van der Waals surface area contributed by atoms with Crippen LogP contribution in [0.4, 0.5) is 0 Å². The summed E-state index contributed by atoms with van der Waals surface area (Å²) in [5, 5.41) is 14.5. The molecule has 112 valence electrons. The number of rotatable bonds is 6. The topological polar surface area (TPSA) is 32.3 Å². The Labute approximate surface area is 135 Å². The van der Waals surface area contributed by atoms with E-state index in [4.69, 9.17) is 23.2 Å². The summed E-state index contributed by atoms with van der Waals surface area (Å²) in [6.45, 7) is 0.219. The van der Waals surface area contributed by atoms with Crippen LogP contribution in [0.2, 0.25) is 10.0 Å². The number of nitrogens with one attached hydrogen (secondary N) is 1. The Morgan fingerprint density at radius 2 is 2.25 bits per heavy atom. The van der Waals surface area contributed by atoms with Crippen molar-refractivity contribution in [3.05, 3.63) is 28.2 Å². The highest BCUT2D eigenvalue weighted by Crippen LogP contribution is 2.39. The third-order valence-electron chi connectivity index (χ3n) is 4.35. The maximum atomic E-state index is 9.68. The molecule has 0 radical (unpaired) electrons. The molecule has 1 aliphatic carbocycles. The van der Waals surface area contributed by atoms with Gasteiger partial charge in [-0.05, 0) is 56.2 Å². The van der Waals surface area contributed by atoms with E-state index in [1.54, 1.807) is 11.8 Å². The first kappa shape index (κ1) is 16.4. The zero-order chi connectivity index (χ0) is 14.6. The van der Waals surface area contributed by atoms with Gasteiger partial charge in [0.25, 0.3) is 0 Å². The van der Waals surface area contributed by atoms with Crippen molar-refractivity contribution >= 4 is 35.0 Å². The van der Waals surface area contributed by atoms with Gasteiger partial charge in [-0.1, -0.05) is 29.6 Å². The fourth-order valence-corrected chi connectivity index (χ4v) is 4.64. The molecule has 2 nitrogen and oxygen atoms in total. The van der Waals surface area contributed by atoms with Gasteiger partial charge in [-0.15, -0.1) is 11.8 Å². The van der Waals surface area contributed by atoms with Crippen molar-refractivity contribution < 1.29 is 5.11 Å². The summed E-state index contributed by atoms with van der Waals surface area (Å²) in [6.07, 6.45) is 4.52. The van der Waals surface area contributed by atoms with Gasteiger partial charge in [-0.3, -0.25) is 0 Å². The predicted molar refractivity (Wildman–Crippen MR) is 88.0 cm³/mol. The Morgan fingerprint density at radius 1 is 1.45 bits per heavy atom. The summed E-state index contributed by atoms with van der Waals surface area (Å²) in [5.41, 5.74) is -0.0846. The standard InChI is InChI=1S/C15H21Cl2NOS/c1-18-15(10-19)7-2-3-11(15)6-8-20-14-9-12(16)4-5-13(14)17/h4-5,9,11,18-19H,2-3,6-8,10H2,1H3. The van der Waals surface area contributed by atoms with Crippen molar-refractivity contribution in [3.8, 4) is 0 Å². The summed E-state index contributed by atoms with van der Waals surface area (Å²) in [6, 6.07) is 5.57. The molecule has 2 N–H and O–H groups in total. The SMILES string of the molecule is CNC1(CO)CCCC1CCSc1cc(Cl)ccc1Cl. The molecule has 0 aliphatic heterocycles. The quantitative estimate of drug-likeness (QED) is 0.764. The van der Waals surface area contributed by atoms with E-state index in [-0.39, 0.29) is 12.1 Å². The largest absolute Gasteiger partial charge is 0.394 e. The molecular weight excluding hydrogens is 313 g/mol. The van der Waals surface area contributed by atoms with Crippen LogP contribution in [-0.2, 0) is 0 Å². The number of aliphatic hydroxyl groups excluding tert-OH is 1. The van der Waals surface area contributed by atoms with Crippen LogP contribution in [0.3, 0.4) is 0 Å².